The van der Waals surface area contributed by atoms with E-state index in [1.807, 2.05) is 0 Å². The average molecular weight is 270 g/mol. The molecule has 1 rings (SSSR count). The molecule has 0 aromatic carbocycles. The molecule has 5 nitrogen and oxygen atoms in total. The fourth-order valence-electron chi connectivity index (χ4n) is 1.25. The van der Waals surface area contributed by atoms with E-state index in [9.17, 15) is 9.59 Å². The summed E-state index contributed by atoms with van der Waals surface area (Å²) in [6.45, 7) is 7.38. The molecule has 0 aliphatic heterocycles. The minimum atomic E-state index is -0.533. The number of nitrogens with one attached hydrogen (secondary N) is 1. The second-order valence-electron chi connectivity index (χ2n) is 5.06. The van der Waals surface area contributed by atoms with Gasteiger partial charge in [-0.15, -0.1) is 0 Å². The van der Waals surface area contributed by atoms with Gasteiger partial charge in [0, 0.05) is 23.4 Å². The Hall–Kier alpha value is -1.43. The van der Waals surface area contributed by atoms with E-state index in [1.54, 1.807) is 33.1 Å². The zero-order valence-electron chi connectivity index (χ0n) is 11.0. The molecule has 18 heavy (non-hydrogen) atoms. The number of nitrogens with zero attached hydrogens (tertiary/aromatic N) is 1. The maximum Gasteiger partial charge on any atom is 0.407 e. The summed E-state index contributed by atoms with van der Waals surface area (Å²) in [4.78, 5) is 23.3. The molecule has 0 saturated carbocycles. The van der Waals surface area contributed by atoms with Gasteiger partial charge in [-0.25, -0.2) is 9.17 Å². The lowest BCUT2D eigenvalue weighted by Crippen LogP contribution is -2.36. The second kappa shape index (κ2) is 5.95. The van der Waals surface area contributed by atoms with Crippen LogP contribution in [0, 0.1) is 5.92 Å². The second-order valence-corrected chi connectivity index (χ2v) is 5.72. The number of hydrogen-bond acceptors (Lipinski definition) is 5. The van der Waals surface area contributed by atoms with Gasteiger partial charge in [0.05, 0.1) is 6.20 Å². The van der Waals surface area contributed by atoms with E-state index in [-0.39, 0.29) is 18.2 Å². The van der Waals surface area contributed by atoms with Crippen molar-refractivity contribution in [3.8, 4) is 0 Å². The van der Waals surface area contributed by atoms with Crippen molar-refractivity contribution in [2.24, 2.45) is 5.92 Å². The Morgan fingerprint density at radius 3 is 2.67 bits per heavy atom. The van der Waals surface area contributed by atoms with Crippen molar-refractivity contribution < 1.29 is 14.3 Å². The quantitative estimate of drug-likeness (QED) is 0.853. The van der Waals surface area contributed by atoms with Crippen LogP contribution in [0.4, 0.5) is 4.79 Å². The Labute approximate surface area is 111 Å². The fourth-order valence-corrected chi connectivity index (χ4v) is 1.78. The maximum absolute atomic E-state index is 11.9. The standard InChI is InChI=1S/C12H18N2O3S/c1-8(10(15)9-6-14-18-7-9)5-13-11(16)17-12(2,3)4/h6-8H,5H2,1-4H3,(H,13,16). The number of carbonyl (C=O) groups is 2. The summed E-state index contributed by atoms with van der Waals surface area (Å²) < 4.78 is 8.97. The van der Waals surface area contributed by atoms with E-state index < -0.39 is 11.7 Å². The summed E-state index contributed by atoms with van der Waals surface area (Å²) in [5.74, 6) is -0.325. The molecular formula is C12H18N2O3S. The molecule has 0 aliphatic rings. The topological polar surface area (TPSA) is 68.3 Å². The van der Waals surface area contributed by atoms with Crippen LogP contribution in [0.15, 0.2) is 11.6 Å². The van der Waals surface area contributed by atoms with Crippen LogP contribution in [0.5, 0.6) is 0 Å². The first-order valence-corrected chi connectivity index (χ1v) is 6.53. The number of rotatable bonds is 4. The molecule has 0 fully saturated rings. The van der Waals surface area contributed by atoms with Crippen LogP contribution >= 0.6 is 11.5 Å². The van der Waals surface area contributed by atoms with Crippen molar-refractivity contribution in [2.75, 3.05) is 6.54 Å². The third-order valence-electron chi connectivity index (χ3n) is 2.12. The molecule has 0 aliphatic carbocycles. The van der Waals surface area contributed by atoms with Crippen LogP contribution in [-0.4, -0.2) is 28.4 Å². The Bertz CT molecular complexity index is 409. The van der Waals surface area contributed by atoms with Crippen molar-refractivity contribution in [2.45, 2.75) is 33.3 Å². The highest BCUT2D eigenvalue weighted by molar-refractivity contribution is 7.03. The number of ketones is 1. The van der Waals surface area contributed by atoms with Crippen LogP contribution in [0.1, 0.15) is 38.1 Å². The first-order valence-electron chi connectivity index (χ1n) is 5.70. The first-order chi connectivity index (χ1) is 8.29. The van der Waals surface area contributed by atoms with E-state index in [0.717, 1.165) is 0 Å². The molecule has 6 heteroatoms. The first kappa shape index (κ1) is 14.6. The maximum atomic E-state index is 11.9. The third-order valence-corrected chi connectivity index (χ3v) is 2.70. The molecule has 0 radical (unpaired) electrons. The normalized spacial score (nSPS) is 12.9. The van der Waals surface area contributed by atoms with Crippen LogP contribution in [0.25, 0.3) is 0 Å². The van der Waals surface area contributed by atoms with Crippen molar-refractivity contribution in [1.29, 1.82) is 0 Å². The number of hydrogen-bond donors (Lipinski definition) is 1. The molecule has 100 valence electrons. The number of amides is 1. The molecular weight excluding hydrogens is 252 g/mol. The van der Waals surface area contributed by atoms with Crippen LogP contribution in [-0.2, 0) is 4.74 Å². The lowest BCUT2D eigenvalue weighted by molar-refractivity contribution is 0.0520. The van der Waals surface area contributed by atoms with Crippen molar-refractivity contribution >= 4 is 23.4 Å². The number of aromatic nitrogens is 1. The summed E-state index contributed by atoms with van der Waals surface area (Å²) in [5, 5.41) is 4.28. The van der Waals surface area contributed by atoms with Crippen LogP contribution in [0.2, 0.25) is 0 Å². The van der Waals surface area contributed by atoms with Crippen molar-refractivity contribution in [3.05, 3.63) is 17.1 Å². The molecule has 1 unspecified atom stereocenters. The predicted octanol–water partition coefficient (Wildman–Crippen LogP) is 2.49. The average Bonchev–Trinajstić information content (AvgIpc) is 2.75. The molecule has 0 bridgehead atoms. The van der Waals surface area contributed by atoms with Gasteiger partial charge >= 0.3 is 6.09 Å². The highest BCUT2D eigenvalue weighted by Gasteiger charge is 2.19. The van der Waals surface area contributed by atoms with E-state index in [4.69, 9.17) is 4.74 Å². The largest absolute Gasteiger partial charge is 0.444 e. The van der Waals surface area contributed by atoms with Crippen molar-refractivity contribution in [1.82, 2.24) is 9.69 Å². The predicted molar refractivity (Wildman–Crippen MR) is 69.8 cm³/mol. The highest BCUT2D eigenvalue weighted by atomic mass is 32.1. The number of alkyl carbamates (subject to hydrolysis) is 1. The molecule has 0 saturated heterocycles. The zero-order chi connectivity index (χ0) is 13.8. The van der Waals surface area contributed by atoms with E-state index >= 15 is 0 Å². The monoisotopic (exact) mass is 270 g/mol. The van der Waals surface area contributed by atoms with Gasteiger partial charge in [0.15, 0.2) is 5.78 Å². The summed E-state index contributed by atoms with van der Waals surface area (Å²) in [6.07, 6.45) is 1.03. The van der Waals surface area contributed by atoms with E-state index in [0.29, 0.717) is 5.56 Å². The van der Waals surface area contributed by atoms with Gasteiger partial charge in [-0.2, -0.15) is 0 Å². The minimum absolute atomic E-state index is 0.0280. The van der Waals surface area contributed by atoms with E-state index in [2.05, 4.69) is 9.69 Å². The Morgan fingerprint density at radius 1 is 1.50 bits per heavy atom. The van der Waals surface area contributed by atoms with Gasteiger partial charge in [-0.05, 0) is 32.3 Å². The number of carbonyl (C=O) groups excluding carboxylic acids is 2. The smallest absolute Gasteiger partial charge is 0.407 e. The zero-order valence-corrected chi connectivity index (χ0v) is 11.8. The summed E-state index contributed by atoms with van der Waals surface area (Å²) in [7, 11) is 0. The number of ether oxygens (including phenoxy) is 1. The molecule has 1 atom stereocenters. The molecule has 1 N–H and O–H groups in total. The van der Waals surface area contributed by atoms with Gasteiger partial charge in [0.2, 0.25) is 0 Å². The van der Waals surface area contributed by atoms with E-state index in [1.165, 1.54) is 17.7 Å². The fraction of sp³-hybridized carbons (Fsp3) is 0.583. The lowest BCUT2D eigenvalue weighted by Gasteiger charge is -2.20. The van der Waals surface area contributed by atoms with Crippen LogP contribution < -0.4 is 5.32 Å². The molecule has 1 aromatic heterocycles. The van der Waals surface area contributed by atoms with Gasteiger partial charge in [0.25, 0.3) is 0 Å². The van der Waals surface area contributed by atoms with Crippen LogP contribution in [0.3, 0.4) is 0 Å². The molecule has 1 amide bonds. The Balaban J connectivity index is 2.40. The highest BCUT2D eigenvalue weighted by Crippen LogP contribution is 2.10. The Kier molecular flexibility index (Phi) is 4.84. The lowest BCUT2D eigenvalue weighted by atomic mass is 10.0. The molecule has 1 heterocycles. The summed E-state index contributed by atoms with van der Waals surface area (Å²) in [6, 6.07) is 0. The van der Waals surface area contributed by atoms with Gasteiger partial charge in [-0.3, -0.25) is 4.79 Å². The van der Waals surface area contributed by atoms with Gasteiger partial charge in [0.1, 0.15) is 5.60 Å². The molecule has 0 spiro atoms. The third kappa shape index (κ3) is 4.83. The minimum Gasteiger partial charge on any atom is -0.444 e. The summed E-state index contributed by atoms with van der Waals surface area (Å²) in [5.41, 5.74) is 0.0488. The van der Waals surface area contributed by atoms with Crippen molar-refractivity contribution in [3.63, 3.8) is 0 Å². The number of Topliss-reactive ketones (excluding diaryl/α,β-unsaturated/α-hetero) is 1. The van der Waals surface area contributed by atoms with Gasteiger partial charge in [-0.1, -0.05) is 6.92 Å². The SMILES string of the molecule is CC(CNC(=O)OC(C)(C)C)C(=O)c1cnsc1. The van der Waals surface area contributed by atoms with Gasteiger partial charge < -0.3 is 10.1 Å². The summed E-state index contributed by atoms with van der Waals surface area (Å²) >= 11 is 1.23. The Morgan fingerprint density at radius 2 is 2.17 bits per heavy atom. The molecule has 1 aromatic rings.